The molecule has 21 heavy (non-hydrogen) atoms. The van der Waals surface area contributed by atoms with Gasteiger partial charge >= 0.3 is 0 Å². The Morgan fingerprint density at radius 3 is 3.05 bits per heavy atom. The number of fused-ring (bicyclic) bond motifs is 1. The lowest BCUT2D eigenvalue weighted by molar-refractivity contribution is -0.384. The number of amides is 1. The number of nitro groups is 1. The SMILES string of the molecule is CCc1nnsc1C(=O)N1CCc2ccc([N+](=O)[O-])cc21. The van der Waals surface area contributed by atoms with Crippen molar-refractivity contribution in [3.05, 3.63) is 44.4 Å². The third-order valence-electron chi connectivity index (χ3n) is 3.51. The van der Waals surface area contributed by atoms with Gasteiger partial charge in [-0.2, -0.15) is 0 Å². The third-order valence-corrected chi connectivity index (χ3v) is 4.26. The first kappa shape index (κ1) is 13.6. The summed E-state index contributed by atoms with van der Waals surface area (Å²) < 4.78 is 3.82. The second-order valence-electron chi connectivity index (χ2n) is 4.68. The second-order valence-corrected chi connectivity index (χ2v) is 5.43. The highest BCUT2D eigenvalue weighted by molar-refractivity contribution is 7.08. The van der Waals surface area contributed by atoms with Crippen LogP contribution in [0.1, 0.15) is 27.9 Å². The lowest BCUT2D eigenvalue weighted by Crippen LogP contribution is -2.29. The van der Waals surface area contributed by atoms with E-state index in [9.17, 15) is 14.9 Å². The predicted molar refractivity (Wildman–Crippen MR) is 77.8 cm³/mol. The van der Waals surface area contributed by atoms with Gasteiger partial charge in [-0.25, -0.2) is 0 Å². The molecule has 1 aliphatic heterocycles. The molecule has 0 spiro atoms. The van der Waals surface area contributed by atoms with E-state index in [4.69, 9.17) is 0 Å². The number of non-ortho nitro benzene ring substituents is 1. The Labute approximate surface area is 124 Å². The Balaban J connectivity index is 1.98. The van der Waals surface area contributed by atoms with Gasteiger partial charge in [0.05, 0.1) is 16.3 Å². The van der Waals surface area contributed by atoms with Crippen molar-refractivity contribution in [3.63, 3.8) is 0 Å². The van der Waals surface area contributed by atoms with Crippen LogP contribution in [-0.2, 0) is 12.8 Å². The van der Waals surface area contributed by atoms with Gasteiger partial charge < -0.3 is 4.90 Å². The summed E-state index contributed by atoms with van der Waals surface area (Å²) in [6.07, 6.45) is 1.33. The fraction of sp³-hybridized carbons (Fsp3) is 0.308. The molecule has 0 bridgehead atoms. The van der Waals surface area contributed by atoms with Crippen molar-refractivity contribution in [2.75, 3.05) is 11.4 Å². The zero-order chi connectivity index (χ0) is 15.0. The summed E-state index contributed by atoms with van der Waals surface area (Å²) >= 11 is 1.07. The van der Waals surface area contributed by atoms with Crippen LogP contribution in [0.15, 0.2) is 18.2 Å². The van der Waals surface area contributed by atoms with Crippen molar-refractivity contribution >= 4 is 28.8 Å². The highest BCUT2D eigenvalue weighted by atomic mass is 32.1. The topological polar surface area (TPSA) is 89.2 Å². The van der Waals surface area contributed by atoms with E-state index in [2.05, 4.69) is 9.59 Å². The largest absolute Gasteiger partial charge is 0.307 e. The summed E-state index contributed by atoms with van der Waals surface area (Å²) in [5.74, 6) is -0.180. The summed E-state index contributed by atoms with van der Waals surface area (Å²) in [5, 5.41) is 14.8. The van der Waals surface area contributed by atoms with E-state index in [-0.39, 0.29) is 11.6 Å². The third kappa shape index (κ3) is 2.27. The van der Waals surface area contributed by atoms with Gasteiger partial charge in [0, 0.05) is 18.7 Å². The Morgan fingerprint density at radius 2 is 2.33 bits per heavy atom. The number of benzene rings is 1. The second kappa shape index (κ2) is 5.21. The lowest BCUT2D eigenvalue weighted by Gasteiger charge is -2.16. The molecule has 3 rings (SSSR count). The number of hydrogen-bond acceptors (Lipinski definition) is 6. The average molecular weight is 304 g/mol. The van der Waals surface area contributed by atoms with Crippen LogP contribution in [0.4, 0.5) is 11.4 Å². The molecule has 1 aliphatic rings. The van der Waals surface area contributed by atoms with Crippen LogP contribution in [0, 0.1) is 10.1 Å². The Hall–Kier alpha value is -2.35. The van der Waals surface area contributed by atoms with Gasteiger partial charge in [0.15, 0.2) is 0 Å². The molecule has 1 aromatic carbocycles. The summed E-state index contributed by atoms with van der Waals surface area (Å²) in [6, 6.07) is 4.64. The van der Waals surface area contributed by atoms with E-state index in [1.54, 1.807) is 11.0 Å². The van der Waals surface area contributed by atoms with E-state index in [1.165, 1.54) is 12.1 Å². The van der Waals surface area contributed by atoms with Crippen LogP contribution in [0.3, 0.4) is 0 Å². The van der Waals surface area contributed by atoms with Gasteiger partial charge in [0.2, 0.25) is 0 Å². The van der Waals surface area contributed by atoms with Gasteiger partial charge in [-0.15, -0.1) is 5.10 Å². The smallest absolute Gasteiger partial charge is 0.271 e. The molecule has 0 N–H and O–H groups in total. The first-order chi connectivity index (χ1) is 10.1. The zero-order valence-corrected chi connectivity index (χ0v) is 12.1. The van der Waals surface area contributed by atoms with E-state index in [1.807, 2.05) is 6.92 Å². The maximum Gasteiger partial charge on any atom is 0.271 e. The molecule has 0 saturated heterocycles. The lowest BCUT2D eigenvalue weighted by atomic mass is 10.1. The van der Waals surface area contributed by atoms with E-state index >= 15 is 0 Å². The number of hydrogen-bond donors (Lipinski definition) is 0. The van der Waals surface area contributed by atoms with Crippen LogP contribution in [-0.4, -0.2) is 27.0 Å². The van der Waals surface area contributed by atoms with Crippen LogP contribution in [0.2, 0.25) is 0 Å². The Kier molecular flexibility index (Phi) is 3.38. The Morgan fingerprint density at radius 1 is 1.52 bits per heavy atom. The molecule has 8 heteroatoms. The molecular weight excluding hydrogens is 292 g/mol. The van der Waals surface area contributed by atoms with Crippen molar-refractivity contribution in [1.29, 1.82) is 0 Å². The van der Waals surface area contributed by atoms with E-state index < -0.39 is 4.92 Å². The standard InChI is InChI=1S/C13H12N4O3S/c1-2-10-12(21-15-14-10)13(18)16-6-5-8-3-4-9(17(19)20)7-11(8)16/h3-4,7H,2,5-6H2,1H3. The van der Waals surface area contributed by atoms with Gasteiger partial charge in [-0.05, 0) is 29.9 Å². The molecule has 0 fully saturated rings. The number of carbonyl (C=O) groups excluding carboxylic acids is 1. The molecule has 1 amide bonds. The summed E-state index contributed by atoms with van der Waals surface area (Å²) in [6.45, 7) is 2.44. The van der Waals surface area contributed by atoms with E-state index in [0.717, 1.165) is 17.1 Å². The van der Waals surface area contributed by atoms with Crippen molar-refractivity contribution in [2.24, 2.45) is 0 Å². The number of rotatable bonds is 3. The molecule has 108 valence electrons. The number of aryl methyl sites for hydroxylation is 1. The molecule has 7 nitrogen and oxygen atoms in total. The predicted octanol–water partition coefficient (Wildman–Crippen LogP) is 2.21. The molecule has 2 aromatic rings. The highest BCUT2D eigenvalue weighted by Gasteiger charge is 2.29. The zero-order valence-electron chi connectivity index (χ0n) is 11.3. The average Bonchev–Trinajstić information content (AvgIpc) is 3.12. The molecule has 2 heterocycles. The normalized spacial score (nSPS) is 13.3. The molecule has 0 saturated carbocycles. The van der Waals surface area contributed by atoms with Gasteiger partial charge in [-0.1, -0.05) is 17.5 Å². The van der Waals surface area contributed by atoms with Gasteiger partial charge in [0.25, 0.3) is 11.6 Å². The minimum absolute atomic E-state index is 0.00778. The Bertz CT molecular complexity index is 728. The fourth-order valence-corrected chi connectivity index (χ4v) is 3.12. The summed E-state index contributed by atoms with van der Waals surface area (Å²) in [7, 11) is 0. The number of carbonyl (C=O) groups is 1. The van der Waals surface area contributed by atoms with Crippen molar-refractivity contribution in [3.8, 4) is 0 Å². The van der Waals surface area contributed by atoms with Crippen LogP contribution < -0.4 is 4.90 Å². The van der Waals surface area contributed by atoms with Crippen LogP contribution in [0.5, 0.6) is 0 Å². The maximum atomic E-state index is 12.6. The van der Waals surface area contributed by atoms with E-state index in [0.29, 0.717) is 35.6 Å². The molecule has 0 radical (unpaired) electrons. The number of anilines is 1. The first-order valence-electron chi connectivity index (χ1n) is 6.52. The van der Waals surface area contributed by atoms with Crippen molar-refractivity contribution < 1.29 is 9.72 Å². The van der Waals surface area contributed by atoms with Crippen molar-refractivity contribution in [1.82, 2.24) is 9.59 Å². The molecule has 0 unspecified atom stereocenters. The number of aromatic nitrogens is 2. The van der Waals surface area contributed by atoms with Crippen LogP contribution in [0.25, 0.3) is 0 Å². The minimum Gasteiger partial charge on any atom is -0.307 e. The van der Waals surface area contributed by atoms with Gasteiger partial charge in [0.1, 0.15) is 4.88 Å². The first-order valence-corrected chi connectivity index (χ1v) is 7.29. The quantitative estimate of drug-likeness (QED) is 0.640. The number of nitro benzene ring substituents is 1. The minimum atomic E-state index is -0.451. The molecule has 0 aliphatic carbocycles. The molecule has 1 aromatic heterocycles. The highest BCUT2D eigenvalue weighted by Crippen LogP contribution is 2.33. The van der Waals surface area contributed by atoms with Crippen molar-refractivity contribution in [2.45, 2.75) is 19.8 Å². The molecular formula is C13H12N4O3S. The fourth-order valence-electron chi connectivity index (χ4n) is 2.42. The summed E-state index contributed by atoms with van der Waals surface area (Å²) in [5.41, 5.74) is 2.23. The van der Waals surface area contributed by atoms with Gasteiger partial charge in [-0.3, -0.25) is 14.9 Å². The maximum absolute atomic E-state index is 12.6. The summed E-state index contributed by atoms with van der Waals surface area (Å²) in [4.78, 5) is 25.1. The van der Waals surface area contributed by atoms with Crippen LogP contribution >= 0.6 is 11.5 Å². The number of nitrogens with zero attached hydrogens (tertiary/aromatic N) is 4. The monoisotopic (exact) mass is 304 g/mol. The molecule has 0 atom stereocenters.